The SMILES string of the molecule is c1ccc2c(c1)sc1ccc(-c3ccc4c5c3c3ccccc3c3ccc6c7ccccc7n4c6c35)cc12. The monoisotopic (exact) mass is 497 g/mol. The first-order valence-corrected chi connectivity index (χ1v) is 13.9. The van der Waals surface area contributed by atoms with Crippen LogP contribution in [0.3, 0.4) is 0 Å². The molecule has 0 saturated heterocycles. The molecule has 0 saturated carbocycles. The molecule has 0 amide bonds. The Balaban J connectivity index is 1.45. The van der Waals surface area contributed by atoms with Crippen molar-refractivity contribution in [3.8, 4) is 11.1 Å². The number of thiophene rings is 1. The fourth-order valence-corrected chi connectivity index (χ4v) is 8.25. The van der Waals surface area contributed by atoms with Gasteiger partial charge in [-0.3, -0.25) is 0 Å². The summed E-state index contributed by atoms with van der Waals surface area (Å²) in [6.07, 6.45) is 0. The zero-order chi connectivity index (χ0) is 24.5. The maximum Gasteiger partial charge on any atom is 0.0626 e. The average Bonchev–Trinajstić information content (AvgIpc) is 3.63. The first kappa shape index (κ1) is 19.5. The minimum absolute atomic E-state index is 1.28. The van der Waals surface area contributed by atoms with E-state index in [-0.39, 0.29) is 0 Å². The lowest BCUT2D eigenvalue weighted by molar-refractivity contribution is 1.37. The van der Waals surface area contributed by atoms with Gasteiger partial charge in [0.1, 0.15) is 0 Å². The second-order valence-corrected chi connectivity index (χ2v) is 11.6. The summed E-state index contributed by atoms with van der Waals surface area (Å²) in [5.41, 5.74) is 6.53. The molecule has 1 nitrogen and oxygen atoms in total. The van der Waals surface area contributed by atoms with E-state index in [2.05, 4.69) is 120 Å². The van der Waals surface area contributed by atoms with Crippen LogP contribution in [-0.4, -0.2) is 4.40 Å². The summed E-state index contributed by atoms with van der Waals surface area (Å²) in [4.78, 5) is 0. The number of aromatic nitrogens is 1. The second kappa shape index (κ2) is 6.61. The molecule has 38 heavy (non-hydrogen) atoms. The van der Waals surface area contributed by atoms with E-state index in [9.17, 15) is 0 Å². The summed E-state index contributed by atoms with van der Waals surface area (Å²) in [7, 11) is 0. The highest BCUT2D eigenvalue weighted by atomic mass is 32.1. The molecule has 0 spiro atoms. The van der Waals surface area contributed by atoms with Crippen molar-refractivity contribution in [3.05, 3.63) is 115 Å². The van der Waals surface area contributed by atoms with E-state index < -0.39 is 0 Å². The molecule has 3 heterocycles. The van der Waals surface area contributed by atoms with E-state index in [0.29, 0.717) is 0 Å². The van der Waals surface area contributed by atoms with Crippen molar-refractivity contribution in [1.82, 2.24) is 4.40 Å². The molecular formula is C36H19NS. The van der Waals surface area contributed by atoms with Crippen molar-refractivity contribution in [2.45, 2.75) is 0 Å². The van der Waals surface area contributed by atoms with Gasteiger partial charge in [-0.15, -0.1) is 11.3 Å². The molecule has 10 aromatic rings. The van der Waals surface area contributed by atoms with Crippen molar-refractivity contribution in [2.24, 2.45) is 0 Å². The zero-order valence-electron chi connectivity index (χ0n) is 20.3. The number of nitrogens with zero attached hydrogens (tertiary/aromatic N) is 1. The lowest BCUT2D eigenvalue weighted by Crippen LogP contribution is -1.87. The van der Waals surface area contributed by atoms with Crippen LogP contribution in [0.25, 0.3) is 90.9 Å². The van der Waals surface area contributed by atoms with Crippen molar-refractivity contribution in [1.29, 1.82) is 0 Å². The summed E-state index contributed by atoms with van der Waals surface area (Å²) in [5.74, 6) is 0. The van der Waals surface area contributed by atoms with Crippen LogP contribution in [0.1, 0.15) is 0 Å². The van der Waals surface area contributed by atoms with E-state index in [0.717, 1.165) is 0 Å². The van der Waals surface area contributed by atoms with E-state index >= 15 is 0 Å². The molecule has 0 aliphatic rings. The number of hydrogen-bond acceptors (Lipinski definition) is 1. The Morgan fingerprint density at radius 3 is 2.05 bits per heavy atom. The molecular weight excluding hydrogens is 478 g/mol. The van der Waals surface area contributed by atoms with E-state index in [1.807, 2.05) is 11.3 Å². The third-order valence-electron chi connectivity index (χ3n) is 8.69. The predicted octanol–water partition coefficient (Wildman–Crippen LogP) is 10.6. The van der Waals surface area contributed by atoms with Crippen molar-refractivity contribution >= 4 is 91.1 Å². The van der Waals surface area contributed by atoms with Crippen LogP contribution in [0, 0.1) is 0 Å². The van der Waals surface area contributed by atoms with Gasteiger partial charge in [0.15, 0.2) is 0 Å². The van der Waals surface area contributed by atoms with Crippen molar-refractivity contribution < 1.29 is 0 Å². The lowest BCUT2D eigenvalue weighted by Gasteiger charge is -2.14. The van der Waals surface area contributed by atoms with E-state index in [1.165, 1.54) is 90.9 Å². The van der Waals surface area contributed by atoms with Crippen LogP contribution in [0.15, 0.2) is 115 Å². The Morgan fingerprint density at radius 1 is 0.421 bits per heavy atom. The van der Waals surface area contributed by atoms with Gasteiger partial charge in [0.2, 0.25) is 0 Å². The average molecular weight is 498 g/mol. The van der Waals surface area contributed by atoms with Crippen LogP contribution in [0.4, 0.5) is 0 Å². The lowest BCUT2D eigenvalue weighted by atomic mass is 9.88. The molecule has 0 aliphatic heterocycles. The van der Waals surface area contributed by atoms with Gasteiger partial charge in [0.25, 0.3) is 0 Å². The summed E-state index contributed by atoms with van der Waals surface area (Å²) in [5, 5.41) is 13.5. The van der Waals surface area contributed by atoms with Crippen LogP contribution >= 0.6 is 11.3 Å². The summed E-state index contributed by atoms with van der Waals surface area (Å²) >= 11 is 1.88. The van der Waals surface area contributed by atoms with Crippen LogP contribution < -0.4 is 0 Å². The molecule has 0 unspecified atom stereocenters. The van der Waals surface area contributed by atoms with Gasteiger partial charge in [-0.05, 0) is 57.6 Å². The topological polar surface area (TPSA) is 4.41 Å². The van der Waals surface area contributed by atoms with E-state index in [1.54, 1.807) is 0 Å². The van der Waals surface area contributed by atoms with Crippen molar-refractivity contribution in [2.75, 3.05) is 0 Å². The first-order valence-electron chi connectivity index (χ1n) is 13.1. The predicted molar refractivity (Wildman–Crippen MR) is 166 cm³/mol. The fourth-order valence-electron chi connectivity index (χ4n) is 7.17. The highest BCUT2D eigenvalue weighted by Crippen LogP contribution is 2.49. The maximum absolute atomic E-state index is 2.51. The van der Waals surface area contributed by atoms with Gasteiger partial charge in [0.05, 0.1) is 16.6 Å². The minimum atomic E-state index is 1.28. The van der Waals surface area contributed by atoms with E-state index in [4.69, 9.17) is 0 Å². The largest absolute Gasteiger partial charge is 0.308 e. The highest BCUT2D eigenvalue weighted by molar-refractivity contribution is 7.25. The molecule has 2 heteroatoms. The summed E-state index contributed by atoms with van der Waals surface area (Å²) in [6, 6.07) is 43.0. The third kappa shape index (κ3) is 2.17. The van der Waals surface area contributed by atoms with Crippen molar-refractivity contribution in [3.63, 3.8) is 0 Å². The highest BCUT2D eigenvalue weighted by Gasteiger charge is 2.24. The van der Waals surface area contributed by atoms with Gasteiger partial charge in [-0.25, -0.2) is 0 Å². The van der Waals surface area contributed by atoms with Gasteiger partial charge in [-0.2, -0.15) is 0 Å². The number of benzene rings is 7. The Labute approximate surface area is 221 Å². The first-order chi connectivity index (χ1) is 18.9. The molecule has 0 radical (unpaired) electrons. The quantitative estimate of drug-likeness (QED) is 0.199. The minimum Gasteiger partial charge on any atom is -0.308 e. The molecule has 0 aliphatic carbocycles. The number of para-hydroxylation sites is 1. The Hall–Kier alpha value is -4.66. The molecule has 174 valence electrons. The molecule has 3 aromatic heterocycles. The normalized spacial score (nSPS) is 12.7. The molecule has 0 bridgehead atoms. The Kier molecular flexibility index (Phi) is 3.38. The van der Waals surface area contributed by atoms with Gasteiger partial charge in [0, 0.05) is 47.1 Å². The standard InChI is InChI=1S/C36H19NS/c1-2-10-25-22(7-1)26-14-15-27-23-8-3-5-11-29(23)37-30-17-16-21(33(25)35(30)34(26)36(27)37)20-13-18-32-28(19-20)24-9-4-6-12-31(24)38-32/h1-19H. The summed E-state index contributed by atoms with van der Waals surface area (Å²) in [6.45, 7) is 0. The molecule has 0 atom stereocenters. The van der Waals surface area contributed by atoms with Gasteiger partial charge >= 0.3 is 0 Å². The molecule has 0 fully saturated rings. The van der Waals surface area contributed by atoms with Gasteiger partial charge < -0.3 is 4.40 Å². The van der Waals surface area contributed by atoms with Crippen LogP contribution in [0.5, 0.6) is 0 Å². The third-order valence-corrected chi connectivity index (χ3v) is 9.84. The Morgan fingerprint density at radius 2 is 1.13 bits per heavy atom. The van der Waals surface area contributed by atoms with Crippen LogP contribution in [0.2, 0.25) is 0 Å². The molecule has 10 rings (SSSR count). The number of hydrogen-bond donors (Lipinski definition) is 0. The second-order valence-electron chi connectivity index (χ2n) is 10.5. The zero-order valence-corrected chi connectivity index (χ0v) is 21.1. The Bertz CT molecular complexity index is 2560. The number of fused-ring (bicyclic) bond motifs is 10. The number of rotatable bonds is 1. The van der Waals surface area contributed by atoms with Gasteiger partial charge in [-0.1, -0.05) is 84.9 Å². The fraction of sp³-hybridized carbons (Fsp3) is 0. The van der Waals surface area contributed by atoms with Crippen LogP contribution in [-0.2, 0) is 0 Å². The molecule has 7 aromatic carbocycles. The summed E-state index contributed by atoms with van der Waals surface area (Å²) < 4.78 is 5.20. The smallest absolute Gasteiger partial charge is 0.0626 e. The maximum atomic E-state index is 2.51. The molecule has 0 N–H and O–H groups in total.